The van der Waals surface area contributed by atoms with Gasteiger partial charge in [-0.3, -0.25) is 4.98 Å². The molecule has 0 aliphatic heterocycles. The van der Waals surface area contributed by atoms with Crippen molar-refractivity contribution in [1.29, 1.82) is 0 Å². The zero-order valence-corrected chi connectivity index (χ0v) is 12.1. The Morgan fingerprint density at radius 3 is 2.62 bits per heavy atom. The van der Waals surface area contributed by atoms with Crippen molar-refractivity contribution in [2.45, 2.75) is 18.6 Å². The van der Waals surface area contributed by atoms with Crippen molar-refractivity contribution < 1.29 is 22.7 Å². The second kappa shape index (κ2) is 6.06. The van der Waals surface area contributed by atoms with E-state index in [4.69, 9.17) is 9.52 Å². The fraction of sp³-hybridized carbons (Fsp3) is 0.231. The Balaban J connectivity index is 2.28. The van der Waals surface area contributed by atoms with Gasteiger partial charge in [0.1, 0.15) is 0 Å². The summed E-state index contributed by atoms with van der Waals surface area (Å²) in [5.41, 5.74) is 0.591. The van der Waals surface area contributed by atoms with Gasteiger partial charge in [-0.2, -0.15) is 4.31 Å². The highest BCUT2D eigenvalue weighted by Gasteiger charge is 2.28. The van der Waals surface area contributed by atoms with Crippen molar-refractivity contribution in [3.05, 3.63) is 48.0 Å². The van der Waals surface area contributed by atoms with Gasteiger partial charge in [0.25, 0.3) is 10.0 Å². The number of sulfonamides is 1. The third-order valence-electron chi connectivity index (χ3n) is 2.80. The zero-order valence-electron chi connectivity index (χ0n) is 11.3. The maximum absolute atomic E-state index is 12.4. The minimum Gasteiger partial charge on any atom is -0.475 e. The van der Waals surface area contributed by atoms with Crippen molar-refractivity contribution in [3.8, 4) is 0 Å². The SMILES string of the molecule is CCN(Cc1ccccn1)S(=O)(=O)c1ccc(C(=O)O)o1. The van der Waals surface area contributed by atoms with E-state index in [-0.39, 0.29) is 13.1 Å². The first-order valence-corrected chi connectivity index (χ1v) is 7.62. The van der Waals surface area contributed by atoms with Gasteiger partial charge in [-0.1, -0.05) is 13.0 Å². The van der Waals surface area contributed by atoms with Crippen molar-refractivity contribution in [2.24, 2.45) is 0 Å². The fourth-order valence-electron chi connectivity index (χ4n) is 1.74. The number of aromatic nitrogens is 1. The van der Waals surface area contributed by atoms with Crippen LogP contribution in [0.5, 0.6) is 0 Å². The van der Waals surface area contributed by atoms with E-state index in [1.54, 1.807) is 31.3 Å². The van der Waals surface area contributed by atoms with Gasteiger partial charge in [-0.05, 0) is 24.3 Å². The number of hydrogen-bond donors (Lipinski definition) is 1. The lowest BCUT2D eigenvalue weighted by molar-refractivity contribution is 0.0656. The number of nitrogens with zero attached hydrogens (tertiary/aromatic N) is 2. The maximum atomic E-state index is 12.4. The molecular formula is C13H14N2O5S. The average Bonchev–Trinajstić information content (AvgIpc) is 2.96. The molecule has 0 saturated heterocycles. The summed E-state index contributed by atoms with van der Waals surface area (Å²) in [6.45, 7) is 1.98. The summed E-state index contributed by atoms with van der Waals surface area (Å²) in [6, 6.07) is 7.46. The van der Waals surface area contributed by atoms with Gasteiger partial charge in [-0.25, -0.2) is 13.2 Å². The summed E-state index contributed by atoms with van der Waals surface area (Å²) in [6.07, 6.45) is 1.57. The van der Waals surface area contributed by atoms with Crippen LogP contribution in [0.1, 0.15) is 23.2 Å². The highest BCUT2D eigenvalue weighted by molar-refractivity contribution is 7.89. The quantitative estimate of drug-likeness (QED) is 0.869. The highest BCUT2D eigenvalue weighted by atomic mass is 32.2. The number of carboxylic acids is 1. The minimum atomic E-state index is -3.90. The number of rotatable bonds is 6. The zero-order chi connectivity index (χ0) is 15.5. The highest BCUT2D eigenvalue weighted by Crippen LogP contribution is 2.20. The number of furan rings is 1. The van der Waals surface area contributed by atoms with E-state index in [2.05, 4.69) is 4.98 Å². The number of carbonyl (C=O) groups is 1. The van der Waals surface area contributed by atoms with Crippen LogP contribution in [0.2, 0.25) is 0 Å². The van der Waals surface area contributed by atoms with Crippen molar-refractivity contribution >= 4 is 16.0 Å². The first kappa shape index (κ1) is 15.2. The number of aromatic carboxylic acids is 1. The monoisotopic (exact) mass is 310 g/mol. The van der Waals surface area contributed by atoms with Crippen molar-refractivity contribution in [3.63, 3.8) is 0 Å². The molecule has 0 fully saturated rings. The van der Waals surface area contributed by atoms with Crippen LogP contribution in [-0.2, 0) is 16.6 Å². The summed E-state index contributed by atoms with van der Waals surface area (Å²) in [4.78, 5) is 14.8. The molecule has 21 heavy (non-hydrogen) atoms. The lowest BCUT2D eigenvalue weighted by atomic mass is 10.3. The van der Waals surface area contributed by atoms with Crippen LogP contribution >= 0.6 is 0 Å². The van der Waals surface area contributed by atoms with E-state index in [1.165, 1.54) is 4.31 Å². The molecule has 7 nitrogen and oxygen atoms in total. The molecule has 0 bridgehead atoms. The third-order valence-corrected chi connectivity index (χ3v) is 4.60. The number of carboxylic acid groups (broad SMARTS) is 1. The van der Waals surface area contributed by atoms with Gasteiger partial charge in [0.2, 0.25) is 10.9 Å². The second-order valence-corrected chi connectivity index (χ2v) is 6.05. The summed E-state index contributed by atoms with van der Waals surface area (Å²) in [5.74, 6) is -1.73. The largest absolute Gasteiger partial charge is 0.475 e. The van der Waals surface area contributed by atoms with Crippen LogP contribution in [-0.4, -0.2) is 35.3 Å². The molecule has 0 atom stereocenters. The van der Waals surface area contributed by atoms with Gasteiger partial charge in [0, 0.05) is 12.7 Å². The van der Waals surface area contributed by atoms with Gasteiger partial charge in [0.05, 0.1) is 12.2 Å². The predicted molar refractivity (Wildman–Crippen MR) is 73.2 cm³/mol. The first-order chi connectivity index (χ1) is 9.95. The molecule has 0 aliphatic carbocycles. The van der Waals surface area contributed by atoms with E-state index < -0.39 is 26.8 Å². The van der Waals surface area contributed by atoms with Crippen LogP contribution < -0.4 is 0 Å². The van der Waals surface area contributed by atoms with E-state index in [0.717, 1.165) is 12.1 Å². The standard InChI is InChI=1S/C13H14N2O5S/c1-2-15(9-10-5-3-4-8-14-10)21(18,19)12-7-6-11(20-12)13(16)17/h3-8H,2,9H2,1H3,(H,16,17). The Hall–Kier alpha value is -2.19. The first-order valence-electron chi connectivity index (χ1n) is 6.18. The van der Waals surface area contributed by atoms with E-state index >= 15 is 0 Å². The average molecular weight is 310 g/mol. The summed E-state index contributed by atoms with van der Waals surface area (Å²) in [7, 11) is -3.90. The molecule has 2 aromatic rings. The molecule has 2 heterocycles. The molecule has 0 spiro atoms. The molecule has 0 unspecified atom stereocenters. The lowest BCUT2D eigenvalue weighted by Crippen LogP contribution is -2.30. The molecule has 2 rings (SSSR count). The number of hydrogen-bond acceptors (Lipinski definition) is 5. The van der Waals surface area contributed by atoms with Crippen LogP contribution in [0.25, 0.3) is 0 Å². The molecule has 1 N–H and O–H groups in total. The fourth-order valence-corrected chi connectivity index (χ4v) is 3.07. The van der Waals surface area contributed by atoms with Gasteiger partial charge >= 0.3 is 5.97 Å². The van der Waals surface area contributed by atoms with Gasteiger partial charge < -0.3 is 9.52 Å². The Morgan fingerprint density at radius 2 is 2.10 bits per heavy atom. The van der Waals surface area contributed by atoms with Crippen LogP contribution in [0.4, 0.5) is 0 Å². The summed E-state index contributed by atoms with van der Waals surface area (Å²) >= 11 is 0. The Kier molecular flexibility index (Phi) is 4.39. The van der Waals surface area contributed by atoms with Gasteiger partial charge in [-0.15, -0.1) is 0 Å². The normalized spacial score (nSPS) is 11.7. The van der Waals surface area contributed by atoms with E-state index in [1.807, 2.05) is 0 Å². The van der Waals surface area contributed by atoms with Crippen molar-refractivity contribution in [2.75, 3.05) is 6.54 Å². The second-order valence-electron chi connectivity index (χ2n) is 4.18. The smallest absolute Gasteiger partial charge is 0.371 e. The Bertz CT molecular complexity index is 724. The molecule has 0 aromatic carbocycles. The molecular weight excluding hydrogens is 296 g/mol. The topological polar surface area (TPSA) is 101 Å². The molecule has 2 aromatic heterocycles. The Labute approximate surface area is 121 Å². The van der Waals surface area contributed by atoms with E-state index in [0.29, 0.717) is 5.69 Å². The van der Waals surface area contributed by atoms with E-state index in [9.17, 15) is 13.2 Å². The molecule has 0 amide bonds. The van der Waals surface area contributed by atoms with Gasteiger partial charge in [0.15, 0.2) is 0 Å². The molecule has 8 heteroatoms. The van der Waals surface area contributed by atoms with Crippen LogP contribution in [0.15, 0.2) is 46.0 Å². The van der Waals surface area contributed by atoms with Crippen molar-refractivity contribution in [1.82, 2.24) is 9.29 Å². The summed E-state index contributed by atoms with van der Waals surface area (Å²) in [5, 5.41) is 8.39. The predicted octanol–water partition coefficient (Wildman–Crippen LogP) is 1.58. The third kappa shape index (κ3) is 3.29. The molecule has 0 radical (unpaired) electrons. The summed E-state index contributed by atoms with van der Waals surface area (Å²) < 4.78 is 30.9. The molecule has 0 aliphatic rings. The van der Waals surface area contributed by atoms with Crippen LogP contribution in [0.3, 0.4) is 0 Å². The molecule has 0 saturated carbocycles. The van der Waals surface area contributed by atoms with Crippen LogP contribution in [0, 0.1) is 0 Å². The Morgan fingerprint density at radius 1 is 1.33 bits per heavy atom. The lowest BCUT2D eigenvalue weighted by Gasteiger charge is -2.18. The minimum absolute atomic E-state index is 0.0861. The maximum Gasteiger partial charge on any atom is 0.371 e. The molecule has 112 valence electrons. The number of pyridine rings is 1.